The number of nitrogens with zero attached hydrogens (tertiary/aromatic N) is 2. The van der Waals surface area contributed by atoms with E-state index < -0.39 is 0 Å². The highest BCUT2D eigenvalue weighted by molar-refractivity contribution is 5.97. The number of hydrogen-bond acceptors (Lipinski definition) is 5. The molecule has 0 spiro atoms. The van der Waals surface area contributed by atoms with Crippen molar-refractivity contribution in [3.8, 4) is 17.2 Å². The fourth-order valence-corrected chi connectivity index (χ4v) is 2.99. The molecule has 1 aromatic carbocycles. The fraction of sp³-hybridized carbons (Fsp3) is 0.412. The molecule has 0 aliphatic heterocycles. The highest BCUT2D eigenvalue weighted by atomic mass is 16.5. The Morgan fingerprint density at radius 1 is 1.09 bits per heavy atom. The van der Waals surface area contributed by atoms with Crippen molar-refractivity contribution < 1.29 is 19.0 Å². The minimum absolute atomic E-state index is 0.183. The van der Waals surface area contributed by atoms with E-state index in [0.717, 1.165) is 29.7 Å². The summed E-state index contributed by atoms with van der Waals surface area (Å²) in [7, 11) is 4.76. The van der Waals surface area contributed by atoms with Gasteiger partial charge in [-0.15, -0.1) is 0 Å². The summed E-state index contributed by atoms with van der Waals surface area (Å²) in [4.78, 5) is 11.9. The molecule has 0 amide bonds. The van der Waals surface area contributed by atoms with Gasteiger partial charge in [-0.2, -0.15) is 5.10 Å². The van der Waals surface area contributed by atoms with Crippen LogP contribution in [0.3, 0.4) is 0 Å². The van der Waals surface area contributed by atoms with E-state index in [0.29, 0.717) is 30.2 Å². The molecule has 1 aliphatic carbocycles. The van der Waals surface area contributed by atoms with E-state index in [4.69, 9.17) is 14.2 Å². The number of rotatable bonds is 5. The Bertz CT molecular complexity index is 711. The summed E-state index contributed by atoms with van der Waals surface area (Å²) in [6.45, 7) is 0.555. The van der Waals surface area contributed by atoms with Crippen molar-refractivity contribution >= 4 is 5.78 Å². The maximum Gasteiger partial charge on any atom is 0.203 e. The van der Waals surface area contributed by atoms with E-state index in [2.05, 4.69) is 5.10 Å². The number of aromatic nitrogens is 2. The van der Waals surface area contributed by atoms with E-state index in [1.807, 2.05) is 16.8 Å². The zero-order valence-electron chi connectivity index (χ0n) is 13.6. The molecule has 0 radical (unpaired) electrons. The zero-order chi connectivity index (χ0) is 16.4. The van der Waals surface area contributed by atoms with Gasteiger partial charge in [0.1, 0.15) is 0 Å². The first-order valence-corrected chi connectivity index (χ1v) is 7.54. The van der Waals surface area contributed by atoms with Gasteiger partial charge < -0.3 is 14.2 Å². The Morgan fingerprint density at radius 2 is 1.78 bits per heavy atom. The first-order valence-electron chi connectivity index (χ1n) is 7.54. The third-order valence-electron chi connectivity index (χ3n) is 4.12. The summed E-state index contributed by atoms with van der Waals surface area (Å²) in [5.41, 5.74) is 2.74. The molecular weight excluding hydrogens is 296 g/mol. The Hall–Kier alpha value is -2.50. The maximum atomic E-state index is 11.9. The summed E-state index contributed by atoms with van der Waals surface area (Å²) in [6, 6.07) is 3.81. The van der Waals surface area contributed by atoms with Crippen molar-refractivity contribution in [2.24, 2.45) is 0 Å². The van der Waals surface area contributed by atoms with Crippen molar-refractivity contribution in [3.63, 3.8) is 0 Å². The van der Waals surface area contributed by atoms with E-state index in [-0.39, 0.29) is 5.78 Å². The SMILES string of the molecule is COc1cc(Cn2ncc3c2CCCC3=O)cc(OC)c1OC. The predicted molar refractivity (Wildman–Crippen MR) is 84.7 cm³/mol. The molecule has 122 valence electrons. The minimum Gasteiger partial charge on any atom is -0.493 e. The van der Waals surface area contributed by atoms with Gasteiger partial charge in [-0.25, -0.2) is 0 Å². The third kappa shape index (κ3) is 2.76. The predicted octanol–water partition coefficient (Wildman–Crippen LogP) is 2.48. The lowest BCUT2D eigenvalue weighted by atomic mass is 9.97. The van der Waals surface area contributed by atoms with Crippen molar-refractivity contribution in [2.45, 2.75) is 25.8 Å². The second-order valence-electron chi connectivity index (χ2n) is 5.47. The molecular formula is C17H20N2O4. The Balaban J connectivity index is 1.96. The van der Waals surface area contributed by atoms with Gasteiger partial charge in [0.2, 0.25) is 5.75 Å². The average molecular weight is 316 g/mol. The van der Waals surface area contributed by atoms with Crippen LogP contribution in [-0.2, 0) is 13.0 Å². The second kappa shape index (κ2) is 6.32. The lowest BCUT2D eigenvalue weighted by Gasteiger charge is -2.16. The molecule has 6 heteroatoms. The number of ether oxygens (including phenoxy) is 3. The van der Waals surface area contributed by atoms with Gasteiger partial charge in [0.15, 0.2) is 17.3 Å². The van der Waals surface area contributed by atoms with Crippen molar-refractivity contribution in [1.29, 1.82) is 0 Å². The van der Waals surface area contributed by atoms with Crippen LogP contribution in [0.25, 0.3) is 0 Å². The van der Waals surface area contributed by atoms with Gasteiger partial charge in [0.05, 0.1) is 39.6 Å². The highest BCUT2D eigenvalue weighted by Gasteiger charge is 2.22. The third-order valence-corrected chi connectivity index (χ3v) is 4.12. The van der Waals surface area contributed by atoms with E-state index in [1.54, 1.807) is 27.5 Å². The largest absolute Gasteiger partial charge is 0.493 e. The lowest BCUT2D eigenvalue weighted by Crippen LogP contribution is -2.14. The number of benzene rings is 1. The number of carbonyl (C=O) groups excluding carboxylic acids is 1. The smallest absolute Gasteiger partial charge is 0.203 e. The lowest BCUT2D eigenvalue weighted by molar-refractivity contribution is 0.0972. The van der Waals surface area contributed by atoms with Crippen LogP contribution < -0.4 is 14.2 Å². The van der Waals surface area contributed by atoms with Crippen LogP contribution in [0.5, 0.6) is 17.2 Å². The molecule has 0 fully saturated rings. The van der Waals surface area contributed by atoms with Gasteiger partial charge in [-0.3, -0.25) is 9.48 Å². The molecule has 1 heterocycles. The number of fused-ring (bicyclic) bond motifs is 1. The van der Waals surface area contributed by atoms with E-state index in [9.17, 15) is 4.79 Å². The molecule has 0 N–H and O–H groups in total. The molecule has 0 bridgehead atoms. The first kappa shape index (κ1) is 15.4. The molecule has 2 aromatic rings. The summed E-state index contributed by atoms with van der Waals surface area (Å²) in [6.07, 6.45) is 4.05. The van der Waals surface area contributed by atoms with E-state index >= 15 is 0 Å². The number of hydrogen-bond donors (Lipinski definition) is 0. The number of ketones is 1. The van der Waals surface area contributed by atoms with Gasteiger partial charge in [0.25, 0.3) is 0 Å². The topological polar surface area (TPSA) is 62.6 Å². The maximum absolute atomic E-state index is 11.9. The van der Waals surface area contributed by atoms with Gasteiger partial charge in [0, 0.05) is 12.1 Å². The van der Waals surface area contributed by atoms with Crippen LogP contribution in [0.2, 0.25) is 0 Å². The second-order valence-corrected chi connectivity index (χ2v) is 5.47. The van der Waals surface area contributed by atoms with Crippen molar-refractivity contribution in [1.82, 2.24) is 9.78 Å². The molecule has 23 heavy (non-hydrogen) atoms. The van der Waals surface area contributed by atoms with Crippen molar-refractivity contribution in [3.05, 3.63) is 35.2 Å². The number of carbonyl (C=O) groups is 1. The van der Waals surface area contributed by atoms with Gasteiger partial charge in [-0.1, -0.05) is 0 Å². The highest BCUT2D eigenvalue weighted by Crippen LogP contribution is 2.38. The molecule has 1 aromatic heterocycles. The summed E-state index contributed by atoms with van der Waals surface area (Å²) in [5.74, 6) is 1.97. The van der Waals surface area contributed by atoms with Crippen LogP contribution in [0, 0.1) is 0 Å². The van der Waals surface area contributed by atoms with Crippen molar-refractivity contribution in [2.75, 3.05) is 21.3 Å². The molecule has 0 unspecified atom stereocenters. The molecule has 0 saturated carbocycles. The van der Waals surface area contributed by atoms with Gasteiger partial charge in [-0.05, 0) is 30.5 Å². The summed E-state index contributed by atoms with van der Waals surface area (Å²) < 4.78 is 18.0. The molecule has 6 nitrogen and oxygen atoms in total. The molecule has 0 atom stereocenters. The fourth-order valence-electron chi connectivity index (χ4n) is 2.99. The first-order chi connectivity index (χ1) is 11.2. The molecule has 3 rings (SSSR count). The van der Waals surface area contributed by atoms with Crippen LogP contribution in [0.1, 0.15) is 34.5 Å². The summed E-state index contributed by atoms with van der Waals surface area (Å²) in [5, 5.41) is 4.38. The van der Waals surface area contributed by atoms with Gasteiger partial charge >= 0.3 is 0 Å². The normalized spacial score (nSPS) is 13.6. The summed E-state index contributed by atoms with van der Waals surface area (Å²) >= 11 is 0. The monoisotopic (exact) mass is 316 g/mol. The molecule has 0 saturated heterocycles. The number of Topliss-reactive ketones (excluding diaryl/α,β-unsaturated/α-hetero) is 1. The Kier molecular flexibility index (Phi) is 4.23. The van der Waals surface area contributed by atoms with Crippen LogP contribution in [0.4, 0.5) is 0 Å². The minimum atomic E-state index is 0.183. The number of methoxy groups -OCH3 is 3. The standard InChI is InChI=1S/C17H20N2O4/c1-21-15-7-11(8-16(22-2)17(15)23-3)10-19-13-5-4-6-14(20)12(13)9-18-19/h7-9H,4-6,10H2,1-3H3. The van der Waals surface area contributed by atoms with E-state index in [1.165, 1.54) is 0 Å². The molecule has 1 aliphatic rings. The Labute approximate surface area is 135 Å². The average Bonchev–Trinajstić information content (AvgIpc) is 2.98. The Morgan fingerprint density at radius 3 is 2.39 bits per heavy atom. The quantitative estimate of drug-likeness (QED) is 0.848. The van der Waals surface area contributed by atoms with Crippen LogP contribution >= 0.6 is 0 Å². The zero-order valence-corrected chi connectivity index (χ0v) is 13.6. The van der Waals surface area contributed by atoms with Crippen LogP contribution in [-0.4, -0.2) is 36.9 Å². The van der Waals surface area contributed by atoms with Crippen LogP contribution in [0.15, 0.2) is 18.3 Å².